The third kappa shape index (κ3) is 4.01. The van der Waals surface area contributed by atoms with Crippen LogP contribution in [0.1, 0.15) is 57.8 Å². The summed E-state index contributed by atoms with van der Waals surface area (Å²) in [6.45, 7) is 0. The van der Waals surface area contributed by atoms with E-state index >= 15 is 0 Å². The summed E-state index contributed by atoms with van der Waals surface area (Å²) in [5.41, 5.74) is 1.07. The van der Waals surface area contributed by atoms with Crippen molar-refractivity contribution < 1.29 is 9.90 Å². The Balaban J connectivity index is 1.56. The Morgan fingerprint density at radius 3 is 2.55 bits per heavy atom. The fourth-order valence-corrected chi connectivity index (χ4v) is 3.71. The Kier molecular flexibility index (Phi) is 4.67. The van der Waals surface area contributed by atoms with Crippen molar-refractivity contribution in [2.24, 2.45) is 0 Å². The number of hydrogen-bond donors (Lipinski definition) is 3. The van der Waals surface area contributed by atoms with Gasteiger partial charge in [0, 0.05) is 17.4 Å². The maximum Gasteiger partial charge on any atom is 0.227 e. The second-order valence-electron chi connectivity index (χ2n) is 6.86. The Labute approximate surface area is 132 Å². The van der Waals surface area contributed by atoms with Crippen molar-refractivity contribution in [1.82, 2.24) is 0 Å². The quantitative estimate of drug-likeness (QED) is 0.777. The first-order valence-corrected chi connectivity index (χ1v) is 8.52. The van der Waals surface area contributed by atoms with E-state index in [2.05, 4.69) is 10.6 Å². The maximum atomic E-state index is 12.1. The number of hydrogen-bond acceptors (Lipinski definition) is 3. The van der Waals surface area contributed by atoms with Gasteiger partial charge in [-0.05, 0) is 43.9 Å². The zero-order valence-electron chi connectivity index (χ0n) is 13.1. The summed E-state index contributed by atoms with van der Waals surface area (Å²) in [4.78, 5) is 12.1. The highest BCUT2D eigenvalue weighted by molar-refractivity contribution is 5.91. The molecule has 1 amide bonds. The number of amides is 1. The number of nitrogens with one attached hydrogen (secondary N) is 2. The molecule has 2 saturated carbocycles. The summed E-state index contributed by atoms with van der Waals surface area (Å²) in [5.74, 6) is -0.0950. The summed E-state index contributed by atoms with van der Waals surface area (Å²) in [6.07, 6.45) is 8.77. The van der Waals surface area contributed by atoms with E-state index in [0.717, 1.165) is 37.1 Å². The van der Waals surface area contributed by atoms with E-state index in [0.29, 0.717) is 6.04 Å². The van der Waals surface area contributed by atoms with Crippen LogP contribution in [0.25, 0.3) is 0 Å². The molecule has 2 aliphatic carbocycles. The zero-order valence-corrected chi connectivity index (χ0v) is 13.1. The molecule has 0 atom stereocenters. The number of aliphatic hydroxyl groups is 1. The van der Waals surface area contributed by atoms with Crippen molar-refractivity contribution in [2.45, 2.75) is 69.4 Å². The van der Waals surface area contributed by atoms with Gasteiger partial charge in [0.25, 0.3) is 0 Å². The molecule has 120 valence electrons. The van der Waals surface area contributed by atoms with E-state index < -0.39 is 5.60 Å². The van der Waals surface area contributed by atoms with Crippen LogP contribution in [0.5, 0.6) is 0 Å². The molecule has 0 unspecified atom stereocenters. The standard InChI is InChI=1S/C18H26N2O2/c21-17(13-18(22)10-3-4-11-18)20-16-9-5-8-15(12-16)19-14-6-1-2-7-14/h5,8-9,12,14,19,22H,1-4,6-7,10-11,13H2,(H,20,21). The molecular weight excluding hydrogens is 276 g/mol. The molecule has 0 aliphatic heterocycles. The van der Waals surface area contributed by atoms with E-state index in [1.807, 2.05) is 24.3 Å². The third-order valence-electron chi connectivity index (χ3n) is 4.90. The highest BCUT2D eigenvalue weighted by Crippen LogP contribution is 2.32. The third-order valence-corrected chi connectivity index (χ3v) is 4.90. The largest absolute Gasteiger partial charge is 0.389 e. The molecule has 0 saturated heterocycles. The van der Waals surface area contributed by atoms with Gasteiger partial charge in [-0.15, -0.1) is 0 Å². The van der Waals surface area contributed by atoms with Crippen LogP contribution in [-0.2, 0) is 4.79 Å². The number of carbonyl (C=O) groups is 1. The first kappa shape index (κ1) is 15.3. The van der Waals surface area contributed by atoms with Gasteiger partial charge in [-0.25, -0.2) is 0 Å². The van der Waals surface area contributed by atoms with Crippen LogP contribution in [0.2, 0.25) is 0 Å². The monoisotopic (exact) mass is 302 g/mol. The molecular formula is C18H26N2O2. The van der Waals surface area contributed by atoms with Crippen LogP contribution < -0.4 is 10.6 Å². The van der Waals surface area contributed by atoms with E-state index in [1.54, 1.807) is 0 Å². The van der Waals surface area contributed by atoms with Gasteiger partial charge in [0.2, 0.25) is 5.91 Å². The molecule has 3 rings (SSSR count). The van der Waals surface area contributed by atoms with Crippen LogP contribution in [-0.4, -0.2) is 22.7 Å². The van der Waals surface area contributed by atoms with Gasteiger partial charge in [0.15, 0.2) is 0 Å². The van der Waals surface area contributed by atoms with Crippen molar-refractivity contribution in [3.63, 3.8) is 0 Å². The first-order valence-electron chi connectivity index (χ1n) is 8.52. The average Bonchev–Trinajstić information content (AvgIpc) is 3.11. The van der Waals surface area contributed by atoms with E-state index in [4.69, 9.17) is 0 Å². The minimum atomic E-state index is -0.788. The molecule has 0 heterocycles. The highest BCUT2D eigenvalue weighted by atomic mass is 16.3. The van der Waals surface area contributed by atoms with Crippen LogP contribution in [0.4, 0.5) is 11.4 Å². The normalized spacial score (nSPS) is 21.0. The van der Waals surface area contributed by atoms with Crippen molar-refractivity contribution in [2.75, 3.05) is 10.6 Å². The second-order valence-corrected chi connectivity index (χ2v) is 6.86. The van der Waals surface area contributed by atoms with Crippen molar-refractivity contribution in [3.05, 3.63) is 24.3 Å². The van der Waals surface area contributed by atoms with Gasteiger partial charge in [-0.1, -0.05) is 31.7 Å². The lowest BCUT2D eigenvalue weighted by molar-refractivity contribution is -0.120. The molecule has 0 radical (unpaired) electrons. The summed E-state index contributed by atoms with van der Waals surface area (Å²) in [6, 6.07) is 8.44. The fourth-order valence-electron chi connectivity index (χ4n) is 3.71. The average molecular weight is 302 g/mol. The van der Waals surface area contributed by atoms with Crippen LogP contribution in [0.15, 0.2) is 24.3 Å². The predicted molar refractivity (Wildman–Crippen MR) is 89.0 cm³/mol. The molecule has 2 fully saturated rings. The lowest BCUT2D eigenvalue weighted by Gasteiger charge is -2.21. The minimum Gasteiger partial charge on any atom is -0.389 e. The van der Waals surface area contributed by atoms with Crippen LogP contribution in [0.3, 0.4) is 0 Å². The Hall–Kier alpha value is -1.55. The number of rotatable bonds is 5. The number of carbonyl (C=O) groups excluding carboxylic acids is 1. The molecule has 0 spiro atoms. The minimum absolute atomic E-state index is 0.0950. The van der Waals surface area contributed by atoms with Gasteiger partial charge < -0.3 is 15.7 Å². The summed E-state index contributed by atoms with van der Waals surface area (Å²) in [5, 5.41) is 16.8. The molecule has 0 aromatic heterocycles. The van der Waals surface area contributed by atoms with E-state index in [1.165, 1.54) is 25.7 Å². The van der Waals surface area contributed by atoms with Gasteiger partial charge in [-0.3, -0.25) is 4.79 Å². The molecule has 1 aromatic carbocycles. The molecule has 4 heteroatoms. The highest BCUT2D eigenvalue weighted by Gasteiger charge is 2.33. The van der Waals surface area contributed by atoms with Gasteiger partial charge >= 0.3 is 0 Å². The lowest BCUT2D eigenvalue weighted by atomic mass is 9.97. The molecule has 1 aromatic rings. The fraction of sp³-hybridized carbons (Fsp3) is 0.611. The Bertz CT molecular complexity index is 518. The second kappa shape index (κ2) is 6.69. The Morgan fingerprint density at radius 1 is 1.14 bits per heavy atom. The predicted octanol–water partition coefficient (Wildman–Crippen LogP) is 3.67. The lowest BCUT2D eigenvalue weighted by Crippen LogP contribution is -2.30. The van der Waals surface area contributed by atoms with E-state index in [-0.39, 0.29) is 12.3 Å². The maximum absolute atomic E-state index is 12.1. The zero-order chi connectivity index (χ0) is 15.4. The smallest absolute Gasteiger partial charge is 0.227 e. The van der Waals surface area contributed by atoms with Crippen LogP contribution >= 0.6 is 0 Å². The summed E-state index contributed by atoms with van der Waals surface area (Å²) < 4.78 is 0. The van der Waals surface area contributed by atoms with Crippen molar-refractivity contribution in [3.8, 4) is 0 Å². The van der Waals surface area contributed by atoms with Crippen LogP contribution in [0, 0.1) is 0 Å². The molecule has 3 N–H and O–H groups in total. The molecule has 4 nitrogen and oxygen atoms in total. The van der Waals surface area contributed by atoms with Gasteiger partial charge in [-0.2, -0.15) is 0 Å². The van der Waals surface area contributed by atoms with Crippen molar-refractivity contribution >= 4 is 17.3 Å². The van der Waals surface area contributed by atoms with Crippen molar-refractivity contribution in [1.29, 1.82) is 0 Å². The SMILES string of the molecule is O=C(CC1(O)CCCC1)Nc1cccc(NC2CCCC2)c1. The number of benzene rings is 1. The van der Waals surface area contributed by atoms with E-state index in [9.17, 15) is 9.90 Å². The molecule has 22 heavy (non-hydrogen) atoms. The molecule has 0 bridgehead atoms. The van der Waals surface area contributed by atoms with Gasteiger partial charge in [0.05, 0.1) is 12.0 Å². The summed E-state index contributed by atoms with van der Waals surface area (Å²) in [7, 11) is 0. The molecule has 2 aliphatic rings. The topological polar surface area (TPSA) is 61.4 Å². The Morgan fingerprint density at radius 2 is 1.82 bits per heavy atom. The summed E-state index contributed by atoms with van der Waals surface area (Å²) >= 11 is 0. The van der Waals surface area contributed by atoms with Gasteiger partial charge in [0.1, 0.15) is 0 Å². The number of anilines is 2. The first-order chi connectivity index (χ1) is 10.6.